The molecule has 8 nitrogen and oxygen atoms in total. The zero-order chi connectivity index (χ0) is 26.8. The maximum atomic E-state index is 13.5. The van der Waals surface area contributed by atoms with Gasteiger partial charge in [0.25, 0.3) is 0 Å². The van der Waals surface area contributed by atoms with Crippen LogP contribution in [-0.2, 0) is 25.4 Å². The number of aliphatic hydroxyl groups is 1. The van der Waals surface area contributed by atoms with E-state index in [-0.39, 0.29) is 36.3 Å². The van der Waals surface area contributed by atoms with Gasteiger partial charge < -0.3 is 24.1 Å². The zero-order valence-corrected chi connectivity index (χ0v) is 22.7. The second-order valence-electron chi connectivity index (χ2n) is 13.2. The van der Waals surface area contributed by atoms with Crippen LogP contribution in [0.4, 0.5) is 4.39 Å². The van der Waals surface area contributed by atoms with Crippen molar-refractivity contribution in [2.45, 2.75) is 70.4 Å². The van der Waals surface area contributed by atoms with E-state index in [1.165, 1.54) is 17.8 Å². The quantitative estimate of drug-likeness (QED) is 0.544. The van der Waals surface area contributed by atoms with Crippen LogP contribution in [-0.4, -0.2) is 57.6 Å². The van der Waals surface area contributed by atoms with Gasteiger partial charge in [-0.3, -0.25) is 0 Å². The number of rotatable bonds is 1. The first-order valence-corrected chi connectivity index (χ1v) is 14.3. The molecule has 3 saturated carbocycles. The number of aromatic nitrogens is 3. The lowest BCUT2D eigenvalue weighted by Gasteiger charge is -2.61. The second-order valence-corrected chi connectivity index (χ2v) is 13.2. The molecule has 0 aromatic carbocycles. The smallest absolute Gasteiger partial charge is 0.227 e. The van der Waals surface area contributed by atoms with Crippen LogP contribution in [0.3, 0.4) is 0 Å². The van der Waals surface area contributed by atoms with E-state index in [0.717, 1.165) is 42.6 Å². The van der Waals surface area contributed by atoms with E-state index in [4.69, 9.17) is 18.9 Å². The van der Waals surface area contributed by atoms with Gasteiger partial charge in [-0.05, 0) is 85.0 Å². The predicted molar refractivity (Wildman–Crippen MR) is 138 cm³/mol. The minimum Gasteiger partial charge on any atom is -0.393 e. The van der Waals surface area contributed by atoms with Gasteiger partial charge in [-0.1, -0.05) is 26.3 Å². The number of ether oxygens (including phenoxy) is 4. The molecule has 2 aliphatic heterocycles. The van der Waals surface area contributed by atoms with E-state index in [2.05, 4.69) is 36.9 Å². The number of fused-ring (bicyclic) bond motifs is 8. The first-order chi connectivity index (χ1) is 18.7. The Hall–Kier alpha value is -2.17. The predicted octanol–water partition coefficient (Wildman–Crippen LogP) is 4.25. The summed E-state index contributed by atoms with van der Waals surface area (Å²) in [4.78, 5) is 3.83. The zero-order valence-electron chi connectivity index (χ0n) is 22.7. The van der Waals surface area contributed by atoms with Crippen LogP contribution in [0.2, 0.25) is 0 Å². The number of nitrogens with zero attached hydrogens (tertiary/aromatic N) is 3. The van der Waals surface area contributed by atoms with Crippen molar-refractivity contribution in [1.82, 2.24) is 14.8 Å². The molecule has 39 heavy (non-hydrogen) atoms. The second kappa shape index (κ2) is 7.97. The van der Waals surface area contributed by atoms with E-state index < -0.39 is 23.4 Å². The lowest BCUT2D eigenvalue weighted by Crippen LogP contribution is -2.67. The van der Waals surface area contributed by atoms with E-state index in [0.29, 0.717) is 24.9 Å². The molecular weight excluding hydrogens is 501 g/mol. The molecule has 5 fully saturated rings. The summed E-state index contributed by atoms with van der Waals surface area (Å²) in [6, 6.07) is 3.08. The molecule has 0 amide bonds. The standard InChI is InChI=1S/C30H36FN3O5/c1-17-8-22-21-6-4-19-9-23-18(12-33-34(23)20-5-7-25(31)32-13-20)10-27(19,2)26(21)24(35)11-28(22,3)30(17)29(38-16-39-30)14-36-15-37-29/h5,7,9,12-13,17,21-22,24,26,35H,4,6,8,10-11,14-16H2,1-3H3/t17-,21+,22+,24+,26-,27+,28+,29?,30-/m1/s1. The van der Waals surface area contributed by atoms with Crippen molar-refractivity contribution in [3.05, 3.63) is 47.3 Å². The average molecular weight is 538 g/mol. The third-order valence-electron chi connectivity index (χ3n) is 11.7. The molecule has 0 radical (unpaired) electrons. The molecular formula is C30H36FN3O5. The molecule has 4 aliphatic carbocycles. The molecule has 8 rings (SSSR count). The highest BCUT2D eigenvalue weighted by molar-refractivity contribution is 5.61. The van der Waals surface area contributed by atoms with Gasteiger partial charge in [-0.2, -0.15) is 9.49 Å². The van der Waals surface area contributed by atoms with E-state index in [9.17, 15) is 9.50 Å². The lowest BCUT2D eigenvalue weighted by atomic mass is 9.45. The molecule has 0 bridgehead atoms. The maximum absolute atomic E-state index is 13.5. The SMILES string of the molecule is C[C@@H]1C[C@H]2[C@@H]3CCC4=Cc5c(cnn5-c5ccc(F)nc5)C[C@]4(C)[C@H]3[C@@H](O)C[C@]2(C)[C@]12OCOC21COCO1. The van der Waals surface area contributed by atoms with Crippen molar-refractivity contribution < 1.29 is 28.4 Å². The summed E-state index contributed by atoms with van der Waals surface area (Å²) in [7, 11) is 0. The third-order valence-corrected chi connectivity index (χ3v) is 11.7. The van der Waals surface area contributed by atoms with Crippen LogP contribution in [0.5, 0.6) is 0 Å². The maximum Gasteiger partial charge on any atom is 0.227 e. The van der Waals surface area contributed by atoms with Gasteiger partial charge >= 0.3 is 0 Å². The first-order valence-electron chi connectivity index (χ1n) is 14.3. The van der Waals surface area contributed by atoms with Gasteiger partial charge in [0.05, 0.1) is 29.9 Å². The molecule has 2 spiro atoms. The average Bonchev–Trinajstić information content (AvgIpc) is 3.67. The number of hydrogen-bond acceptors (Lipinski definition) is 7. The molecule has 9 heteroatoms. The van der Waals surface area contributed by atoms with Gasteiger partial charge in [0.1, 0.15) is 12.2 Å². The summed E-state index contributed by atoms with van der Waals surface area (Å²) in [5.41, 5.74) is 3.21. The molecule has 9 atom stereocenters. The van der Waals surface area contributed by atoms with Crippen molar-refractivity contribution >= 4 is 6.08 Å². The highest BCUT2D eigenvalue weighted by atomic mass is 19.1. The van der Waals surface area contributed by atoms with Crippen molar-refractivity contribution in [2.24, 2.45) is 34.5 Å². The molecule has 208 valence electrons. The number of halogens is 1. The largest absolute Gasteiger partial charge is 0.393 e. The fourth-order valence-corrected chi connectivity index (χ4v) is 10.4. The van der Waals surface area contributed by atoms with Gasteiger partial charge in [0, 0.05) is 5.41 Å². The molecule has 1 N–H and O–H groups in total. The summed E-state index contributed by atoms with van der Waals surface area (Å²) in [6.45, 7) is 7.70. The minimum atomic E-state index is -0.907. The summed E-state index contributed by atoms with van der Waals surface area (Å²) in [6.07, 6.45) is 9.75. The van der Waals surface area contributed by atoms with Crippen LogP contribution in [0.25, 0.3) is 11.8 Å². The van der Waals surface area contributed by atoms with Gasteiger partial charge in [-0.15, -0.1) is 0 Å². The molecule has 1 unspecified atom stereocenters. The van der Waals surface area contributed by atoms with Crippen LogP contribution < -0.4 is 0 Å². The lowest BCUT2D eigenvalue weighted by molar-refractivity contribution is -0.266. The highest BCUT2D eigenvalue weighted by Crippen LogP contribution is 2.72. The Morgan fingerprint density at radius 1 is 1.13 bits per heavy atom. The fraction of sp³-hybridized carbons (Fsp3) is 0.667. The van der Waals surface area contributed by atoms with Crippen molar-refractivity contribution in [3.63, 3.8) is 0 Å². The molecule has 2 aromatic rings. The Bertz CT molecular complexity index is 1350. The van der Waals surface area contributed by atoms with Crippen LogP contribution in [0, 0.1) is 40.4 Å². The summed E-state index contributed by atoms with van der Waals surface area (Å²) < 4.78 is 40.0. The fourth-order valence-electron chi connectivity index (χ4n) is 10.4. The van der Waals surface area contributed by atoms with E-state index in [1.807, 2.05) is 10.9 Å². The molecule has 2 aromatic heterocycles. The number of pyridine rings is 1. The summed E-state index contributed by atoms with van der Waals surface area (Å²) in [5, 5.41) is 16.7. The van der Waals surface area contributed by atoms with Crippen LogP contribution >= 0.6 is 0 Å². The molecule has 2 saturated heterocycles. The Labute approximate surface area is 227 Å². The first kappa shape index (κ1) is 24.6. The number of aliphatic hydroxyl groups excluding tert-OH is 1. The van der Waals surface area contributed by atoms with Crippen LogP contribution in [0.15, 0.2) is 30.1 Å². The Kier molecular flexibility index (Phi) is 5.03. The Morgan fingerprint density at radius 3 is 2.74 bits per heavy atom. The third kappa shape index (κ3) is 2.90. The Balaban J connectivity index is 1.17. The summed E-state index contributed by atoms with van der Waals surface area (Å²) in [5.74, 6) is -0.303. The molecule has 4 heterocycles. The van der Waals surface area contributed by atoms with Crippen molar-refractivity contribution in [2.75, 3.05) is 20.2 Å². The van der Waals surface area contributed by atoms with Crippen molar-refractivity contribution in [3.8, 4) is 5.69 Å². The van der Waals surface area contributed by atoms with Crippen LogP contribution in [0.1, 0.15) is 57.7 Å². The van der Waals surface area contributed by atoms with Crippen molar-refractivity contribution in [1.29, 1.82) is 0 Å². The minimum absolute atomic E-state index is 0.140. The normalized spacial score (nSPS) is 46.2. The number of hydrogen-bond donors (Lipinski definition) is 1. The van der Waals surface area contributed by atoms with Gasteiger partial charge in [0.15, 0.2) is 13.6 Å². The highest BCUT2D eigenvalue weighted by Gasteiger charge is 2.79. The van der Waals surface area contributed by atoms with E-state index in [1.54, 1.807) is 6.07 Å². The van der Waals surface area contributed by atoms with Gasteiger partial charge in [0.2, 0.25) is 11.7 Å². The van der Waals surface area contributed by atoms with E-state index >= 15 is 0 Å². The Morgan fingerprint density at radius 2 is 1.97 bits per heavy atom. The topological polar surface area (TPSA) is 87.9 Å². The van der Waals surface area contributed by atoms with Gasteiger partial charge in [-0.25, -0.2) is 9.67 Å². The number of allylic oxidation sites excluding steroid dienone is 1. The monoisotopic (exact) mass is 537 g/mol. The molecule has 6 aliphatic rings. The summed E-state index contributed by atoms with van der Waals surface area (Å²) >= 11 is 0.